The Bertz CT molecular complexity index is 403. The average molecular weight is 264 g/mol. The van der Waals surface area contributed by atoms with E-state index in [-0.39, 0.29) is 0 Å². The lowest BCUT2D eigenvalue weighted by molar-refractivity contribution is 0.0412. The Morgan fingerprint density at radius 2 is 2.32 bits per heavy atom. The second kappa shape index (κ2) is 6.78. The van der Waals surface area contributed by atoms with Crippen molar-refractivity contribution in [3.63, 3.8) is 0 Å². The van der Waals surface area contributed by atoms with Crippen LogP contribution in [0.5, 0.6) is 5.75 Å². The second-order valence-electron chi connectivity index (χ2n) is 5.34. The standard InChI is InChI=1S/C15H24N2O2/c1-17(9-12-4-3-7-19-11-12)10-13-8-14(18-2)5-6-15(13)16/h5-6,8,12H,3-4,7,9-11,16H2,1-2H3. The molecule has 106 valence electrons. The van der Waals surface area contributed by atoms with Gasteiger partial charge in [-0.25, -0.2) is 0 Å². The van der Waals surface area contributed by atoms with E-state index < -0.39 is 0 Å². The number of nitrogens with two attached hydrogens (primary N) is 1. The predicted octanol–water partition coefficient (Wildman–Crippen LogP) is 2.14. The SMILES string of the molecule is COc1ccc(N)c(CN(C)CC2CCCOC2)c1. The molecular formula is C15H24N2O2. The van der Waals surface area contributed by atoms with Crippen LogP contribution in [0.25, 0.3) is 0 Å². The third kappa shape index (κ3) is 4.11. The highest BCUT2D eigenvalue weighted by atomic mass is 16.5. The van der Waals surface area contributed by atoms with E-state index in [1.54, 1.807) is 7.11 Å². The van der Waals surface area contributed by atoms with Gasteiger partial charge in [-0.15, -0.1) is 0 Å². The second-order valence-corrected chi connectivity index (χ2v) is 5.34. The van der Waals surface area contributed by atoms with Crippen molar-refractivity contribution in [1.82, 2.24) is 4.90 Å². The van der Waals surface area contributed by atoms with Crippen molar-refractivity contribution in [2.45, 2.75) is 19.4 Å². The summed E-state index contributed by atoms with van der Waals surface area (Å²) in [4.78, 5) is 2.31. The van der Waals surface area contributed by atoms with Crippen molar-refractivity contribution in [3.05, 3.63) is 23.8 Å². The number of methoxy groups -OCH3 is 1. The molecular weight excluding hydrogens is 240 g/mol. The molecule has 0 radical (unpaired) electrons. The van der Waals surface area contributed by atoms with E-state index in [1.165, 1.54) is 12.8 Å². The molecule has 4 nitrogen and oxygen atoms in total. The monoisotopic (exact) mass is 264 g/mol. The van der Waals surface area contributed by atoms with Gasteiger partial charge in [0.25, 0.3) is 0 Å². The Morgan fingerprint density at radius 3 is 3.00 bits per heavy atom. The summed E-state index contributed by atoms with van der Waals surface area (Å²) in [6, 6.07) is 5.82. The summed E-state index contributed by atoms with van der Waals surface area (Å²) < 4.78 is 10.8. The molecule has 0 aromatic heterocycles. The fraction of sp³-hybridized carbons (Fsp3) is 0.600. The molecule has 1 aromatic carbocycles. The van der Waals surface area contributed by atoms with Crippen LogP contribution >= 0.6 is 0 Å². The first kappa shape index (κ1) is 14.2. The van der Waals surface area contributed by atoms with E-state index in [0.717, 1.165) is 43.3 Å². The van der Waals surface area contributed by atoms with Gasteiger partial charge in [0.1, 0.15) is 5.75 Å². The van der Waals surface area contributed by atoms with Crippen LogP contribution in [-0.4, -0.2) is 38.8 Å². The van der Waals surface area contributed by atoms with Crippen molar-refractivity contribution in [1.29, 1.82) is 0 Å². The number of anilines is 1. The number of nitrogen functional groups attached to an aromatic ring is 1. The minimum Gasteiger partial charge on any atom is -0.497 e. The Morgan fingerprint density at radius 1 is 1.47 bits per heavy atom. The van der Waals surface area contributed by atoms with Crippen molar-refractivity contribution >= 4 is 5.69 Å². The minimum absolute atomic E-state index is 0.644. The summed E-state index contributed by atoms with van der Waals surface area (Å²) in [6.07, 6.45) is 2.44. The number of hydrogen-bond acceptors (Lipinski definition) is 4. The normalized spacial score (nSPS) is 19.6. The smallest absolute Gasteiger partial charge is 0.119 e. The van der Waals surface area contributed by atoms with E-state index in [1.807, 2.05) is 18.2 Å². The molecule has 1 aliphatic heterocycles. The van der Waals surface area contributed by atoms with E-state index in [2.05, 4.69) is 11.9 Å². The first-order chi connectivity index (χ1) is 9.19. The molecule has 1 aliphatic rings. The molecule has 4 heteroatoms. The molecule has 1 aromatic rings. The van der Waals surface area contributed by atoms with Crippen LogP contribution in [0.4, 0.5) is 5.69 Å². The fourth-order valence-electron chi connectivity index (χ4n) is 2.59. The lowest BCUT2D eigenvalue weighted by Crippen LogP contribution is -2.30. The van der Waals surface area contributed by atoms with E-state index >= 15 is 0 Å². The van der Waals surface area contributed by atoms with Crippen LogP contribution in [0.1, 0.15) is 18.4 Å². The number of benzene rings is 1. The van der Waals surface area contributed by atoms with Gasteiger partial charge in [-0.1, -0.05) is 0 Å². The summed E-state index contributed by atoms with van der Waals surface area (Å²) in [5, 5.41) is 0. The zero-order valence-electron chi connectivity index (χ0n) is 11.9. The van der Waals surface area contributed by atoms with E-state index in [9.17, 15) is 0 Å². The van der Waals surface area contributed by atoms with Crippen LogP contribution in [0.15, 0.2) is 18.2 Å². The van der Waals surface area contributed by atoms with Gasteiger partial charge < -0.3 is 20.1 Å². The zero-order chi connectivity index (χ0) is 13.7. The van der Waals surface area contributed by atoms with Crippen molar-refractivity contribution in [2.24, 2.45) is 5.92 Å². The summed E-state index contributed by atoms with van der Waals surface area (Å²) in [5.41, 5.74) is 7.97. The minimum atomic E-state index is 0.644. The van der Waals surface area contributed by atoms with Gasteiger partial charge in [-0.3, -0.25) is 0 Å². The largest absolute Gasteiger partial charge is 0.497 e. The highest BCUT2D eigenvalue weighted by molar-refractivity contribution is 5.50. The molecule has 0 bridgehead atoms. The van der Waals surface area contributed by atoms with Crippen LogP contribution in [0.2, 0.25) is 0 Å². The molecule has 1 fully saturated rings. The lowest BCUT2D eigenvalue weighted by Gasteiger charge is -2.27. The highest BCUT2D eigenvalue weighted by Gasteiger charge is 2.16. The molecule has 1 saturated heterocycles. The van der Waals surface area contributed by atoms with Gasteiger partial charge in [0.15, 0.2) is 0 Å². The average Bonchev–Trinajstić information content (AvgIpc) is 2.42. The molecule has 2 N–H and O–H groups in total. The first-order valence-corrected chi connectivity index (χ1v) is 6.87. The Hall–Kier alpha value is -1.26. The van der Waals surface area contributed by atoms with Gasteiger partial charge in [-0.05, 0) is 49.6 Å². The summed E-state index contributed by atoms with van der Waals surface area (Å²) in [6.45, 7) is 3.71. The van der Waals surface area contributed by atoms with Gasteiger partial charge in [-0.2, -0.15) is 0 Å². The molecule has 1 atom stereocenters. The Balaban J connectivity index is 1.92. The van der Waals surface area contributed by atoms with Crippen LogP contribution in [0, 0.1) is 5.92 Å². The maximum atomic E-state index is 6.02. The number of nitrogens with zero attached hydrogens (tertiary/aromatic N) is 1. The third-order valence-corrected chi connectivity index (χ3v) is 3.61. The molecule has 1 unspecified atom stereocenters. The highest BCUT2D eigenvalue weighted by Crippen LogP contribution is 2.22. The number of hydrogen-bond donors (Lipinski definition) is 1. The van der Waals surface area contributed by atoms with Crippen LogP contribution < -0.4 is 10.5 Å². The zero-order valence-corrected chi connectivity index (χ0v) is 11.9. The van der Waals surface area contributed by atoms with E-state index in [0.29, 0.717) is 5.92 Å². The number of ether oxygens (including phenoxy) is 2. The predicted molar refractivity (Wildman–Crippen MR) is 77.3 cm³/mol. The maximum absolute atomic E-state index is 6.02. The molecule has 0 aliphatic carbocycles. The lowest BCUT2D eigenvalue weighted by atomic mass is 10.0. The molecule has 1 heterocycles. The molecule has 2 rings (SSSR count). The van der Waals surface area contributed by atoms with Gasteiger partial charge in [0.2, 0.25) is 0 Å². The van der Waals surface area contributed by atoms with E-state index in [4.69, 9.17) is 15.2 Å². The van der Waals surface area contributed by atoms with Gasteiger partial charge in [0.05, 0.1) is 13.7 Å². The summed E-state index contributed by atoms with van der Waals surface area (Å²) in [7, 11) is 3.81. The fourth-order valence-corrected chi connectivity index (χ4v) is 2.59. The maximum Gasteiger partial charge on any atom is 0.119 e. The summed E-state index contributed by atoms with van der Waals surface area (Å²) in [5.74, 6) is 1.50. The molecule has 0 saturated carbocycles. The van der Waals surface area contributed by atoms with Crippen molar-refractivity contribution < 1.29 is 9.47 Å². The molecule has 0 amide bonds. The van der Waals surface area contributed by atoms with Crippen LogP contribution in [-0.2, 0) is 11.3 Å². The third-order valence-electron chi connectivity index (χ3n) is 3.61. The van der Waals surface area contributed by atoms with Gasteiger partial charge in [0, 0.05) is 25.4 Å². The van der Waals surface area contributed by atoms with Crippen molar-refractivity contribution in [3.8, 4) is 5.75 Å². The quantitative estimate of drug-likeness (QED) is 0.828. The number of rotatable bonds is 5. The molecule has 19 heavy (non-hydrogen) atoms. The van der Waals surface area contributed by atoms with Gasteiger partial charge >= 0.3 is 0 Å². The first-order valence-electron chi connectivity index (χ1n) is 6.87. The molecule has 0 spiro atoms. The Kier molecular flexibility index (Phi) is 5.05. The Labute approximate surface area is 115 Å². The topological polar surface area (TPSA) is 47.7 Å². The van der Waals surface area contributed by atoms with Crippen molar-refractivity contribution in [2.75, 3.05) is 39.6 Å². The van der Waals surface area contributed by atoms with Crippen LogP contribution in [0.3, 0.4) is 0 Å². The summed E-state index contributed by atoms with van der Waals surface area (Å²) >= 11 is 0.